The molecule has 1 fully saturated rings. The van der Waals surface area contributed by atoms with Gasteiger partial charge in [-0.1, -0.05) is 55.5 Å². The quantitative estimate of drug-likeness (QED) is 0.517. The Morgan fingerprint density at radius 3 is 2.71 bits per heavy atom. The summed E-state index contributed by atoms with van der Waals surface area (Å²) < 4.78 is 10.6. The van der Waals surface area contributed by atoms with E-state index in [1.807, 2.05) is 0 Å². The average molecular weight is 502 g/mol. The number of anilines is 1. The number of halogens is 1. The number of rotatable bonds is 6. The molecule has 1 aliphatic heterocycles. The van der Waals surface area contributed by atoms with Gasteiger partial charge in [0.25, 0.3) is 5.91 Å². The molecule has 0 atom stereocenters. The van der Waals surface area contributed by atoms with Crippen molar-refractivity contribution in [2.75, 3.05) is 17.8 Å². The summed E-state index contributed by atoms with van der Waals surface area (Å²) in [6, 6.07) is 8.79. The van der Waals surface area contributed by atoms with Gasteiger partial charge in [-0.15, -0.1) is 0 Å². The minimum Gasteiger partial charge on any atom is -0.495 e. The van der Waals surface area contributed by atoms with Gasteiger partial charge in [0.15, 0.2) is 5.17 Å². The monoisotopic (exact) mass is 501 g/mol. The molecule has 2 aromatic rings. The predicted octanol–water partition coefficient (Wildman–Crippen LogP) is 5.65. The molecule has 1 aromatic heterocycles. The van der Waals surface area contributed by atoms with Gasteiger partial charge in [0.05, 0.1) is 29.8 Å². The van der Waals surface area contributed by atoms with E-state index in [0.717, 1.165) is 25.7 Å². The third-order valence-corrected chi connectivity index (χ3v) is 7.08. The third-order valence-electron chi connectivity index (χ3n) is 5.85. The number of ether oxygens (including phenoxy) is 1. The van der Waals surface area contributed by atoms with Crippen LogP contribution in [0.2, 0.25) is 5.02 Å². The topological polar surface area (TPSA) is 84.1 Å². The van der Waals surface area contributed by atoms with Crippen LogP contribution in [-0.4, -0.2) is 35.9 Å². The minimum absolute atomic E-state index is 0.0538. The highest BCUT2D eigenvalue weighted by atomic mass is 35.5. The Hall–Kier alpha value is -2.71. The normalized spacial score (nSPS) is 18.5. The Labute approximate surface area is 208 Å². The molecule has 0 saturated heterocycles. The number of thioether (sulfide) groups is 1. The van der Waals surface area contributed by atoms with Crippen LogP contribution >= 0.6 is 23.4 Å². The van der Waals surface area contributed by atoms with Crippen molar-refractivity contribution in [3.8, 4) is 5.75 Å². The lowest BCUT2D eigenvalue weighted by Crippen LogP contribution is -2.37. The van der Waals surface area contributed by atoms with Crippen LogP contribution < -0.4 is 15.0 Å². The zero-order valence-corrected chi connectivity index (χ0v) is 20.7. The second-order valence-electron chi connectivity index (χ2n) is 8.30. The molecule has 0 unspecified atom stereocenters. The van der Waals surface area contributed by atoms with E-state index in [-0.39, 0.29) is 29.3 Å². The number of aliphatic imine (C=N–C) groups is 1. The number of furan rings is 1. The van der Waals surface area contributed by atoms with Crippen LogP contribution in [0.15, 0.2) is 51.7 Å². The summed E-state index contributed by atoms with van der Waals surface area (Å²) >= 11 is 7.54. The Balaban J connectivity index is 1.50. The predicted molar refractivity (Wildman–Crippen MR) is 136 cm³/mol. The van der Waals surface area contributed by atoms with Crippen molar-refractivity contribution in [2.24, 2.45) is 4.99 Å². The minimum atomic E-state index is -0.319. The van der Waals surface area contributed by atoms with Crippen LogP contribution in [0.5, 0.6) is 5.75 Å². The maximum Gasteiger partial charge on any atom is 0.283 e. The molecule has 0 bridgehead atoms. The number of hydrogen-bond donors (Lipinski definition) is 1. The molecule has 1 saturated carbocycles. The Bertz CT molecular complexity index is 1080. The molecular weight excluding hydrogens is 474 g/mol. The van der Waals surface area contributed by atoms with Crippen LogP contribution in [0.1, 0.15) is 50.7 Å². The number of hydrogen-bond acceptors (Lipinski definition) is 6. The van der Waals surface area contributed by atoms with E-state index < -0.39 is 0 Å². The molecule has 1 N–H and O–H groups in total. The lowest BCUT2D eigenvalue weighted by atomic mass is 9.97. The summed E-state index contributed by atoms with van der Waals surface area (Å²) in [4.78, 5) is 32.0. The molecule has 1 aliphatic carbocycles. The number of carbonyl (C=O) groups excluding carboxylic acids is 2. The molecule has 180 valence electrons. The van der Waals surface area contributed by atoms with Gasteiger partial charge in [-0.25, -0.2) is 4.99 Å². The number of nitrogens with zero attached hydrogens (tertiary/aromatic N) is 2. The van der Waals surface area contributed by atoms with Gasteiger partial charge < -0.3 is 14.5 Å². The average Bonchev–Trinajstić information content (AvgIpc) is 3.42. The van der Waals surface area contributed by atoms with E-state index in [1.54, 1.807) is 36.4 Å². The molecule has 2 aliphatic rings. The number of amidine groups is 1. The zero-order chi connectivity index (χ0) is 23.9. The smallest absolute Gasteiger partial charge is 0.283 e. The Kier molecular flexibility index (Phi) is 8.34. The van der Waals surface area contributed by atoms with Gasteiger partial charge in [0.2, 0.25) is 5.91 Å². The van der Waals surface area contributed by atoms with Crippen LogP contribution in [0.3, 0.4) is 0 Å². The Morgan fingerprint density at radius 2 is 2.03 bits per heavy atom. The highest BCUT2D eigenvalue weighted by Crippen LogP contribution is 2.34. The van der Waals surface area contributed by atoms with E-state index >= 15 is 0 Å². The van der Waals surface area contributed by atoms with Crippen molar-refractivity contribution < 1.29 is 18.7 Å². The number of methoxy groups -OCH3 is 1. The van der Waals surface area contributed by atoms with Crippen molar-refractivity contribution in [3.05, 3.63) is 53.1 Å². The lowest BCUT2D eigenvalue weighted by molar-refractivity contribution is -0.119. The molecule has 7 nitrogen and oxygen atoms in total. The fourth-order valence-corrected chi connectivity index (χ4v) is 5.20. The SMILES string of the molecule is COc1ccc(N2C(=O)/C(=C\c3ccco3)N=C2SCC(=O)NC2CCCCCCC2)cc1Cl. The second-order valence-corrected chi connectivity index (χ2v) is 9.65. The fraction of sp³-hybridized carbons (Fsp3) is 0.400. The fourth-order valence-electron chi connectivity index (χ4n) is 4.12. The van der Waals surface area contributed by atoms with Crippen molar-refractivity contribution in [2.45, 2.75) is 51.0 Å². The van der Waals surface area contributed by atoms with Crippen LogP contribution in [0.25, 0.3) is 6.08 Å². The first-order valence-electron chi connectivity index (χ1n) is 11.5. The largest absolute Gasteiger partial charge is 0.495 e. The van der Waals surface area contributed by atoms with Crippen molar-refractivity contribution in [3.63, 3.8) is 0 Å². The summed E-state index contributed by atoms with van der Waals surface area (Å²) in [7, 11) is 1.53. The summed E-state index contributed by atoms with van der Waals surface area (Å²) in [6.45, 7) is 0. The van der Waals surface area contributed by atoms with Crippen molar-refractivity contribution in [1.29, 1.82) is 0 Å². The number of amides is 2. The first-order chi connectivity index (χ1) is 16.5. The van der Waals surface area contributed by atoms with Gasteiger partial charge in [-0.3, -0.25) is 14.5 Å². The van der Waals surface area contributed by atoms with Gasteiger partial charge in [-0.05, 0) is 43.2 Å². The van der Waals surface area contributed by atoms with Gasteiger partial charge >= 0.3 is 0 Å². The highest BCUT2D eigenvalue weighted by molar-refractivity contribution is 8.14. The maximum absolute atomic E-state index is 13.3. The van der Waals surface area contributed by atoms with Gasteiger partial charge in [0.1, 0.15) is 17.2 Å². The summed E-state index contributed by atoms with van der Waals surface area (Å²) in [6.07, 6.45) is 11.2. The second kappa shape index (κ2) is 11.6. The molecule has 1 aromatic carbocycles. The standard InChI is InChI=1S/C25H28ClN3O4S/c1-32-22-12-11-18(14-20(22)26)29-24(31)21(15-19-10-7-13-33-19)28-25(29)34-16-23(30)27-17-8-5-3-2-4-6-9-17/h7,10-15,17H,2-6,8-9,16H2,1H3,(H,27,30)/b21-15+. The van der Waals surface area contributed by atoms with E-state index in [0.29, 0.717) is 27.4 Å². The molecule has 2 amide bonds. The summed E-state index contributed by atoms with van der Waals surface area (Å²) in [5.41, 5.74) is 0.773. The summed E-state index contributed by atoms with van der Waals surface area (Å²) in [5, 5.41) is 3.95. The summed E-state index contributed by atoms with van der Waals surface area (Å²) in [5.74, 6) is 0.820. The first kappa shape index (κ1) is 24.4. The third kappa shape index (κ3) is 6.04. The van der Waals surface area contributed by atoms with E-state index in [2.05, 4.69) is 10.3 Å². The molecule has 4 rings (SSSR count). The number of carbonyl (C=O) groups is 2. The molecular formula is C25H28ClN3O4S. The van der Waals surface area contributed by atoms with Crippen LogP contribution in [-0.2, 0) is 9.59 Å². The number of nitrogens with one attached hydrogen (secondary N) is 1. The molecule has 2 heterocycles. The highest BCUT2D eigenvalue weighted by Gasteiger charge is 2.33. The van der Waals surface area contributed by atoms with Crippen molar-refractivity contribution >= 4 is 52.1 Å². The van der Waals surface area contributed by atoms with Crippen molar-refractivity contribution in [1.82, 2.24) is 5.32 Å². The Morgan fingerprint density at radius 1 is 1.26 bits per heavy atom. The molecule has 0 radical (unpaired) electrons. The maximum atomic E-state index is 13.3. The van der Waals surface area contributed by atoms with E-state index in [1.165, 1.54) is 49.3 Å². The first-order valence-corrected chi connectivity index (χ1v) is 12.9. The van der Waals surface area contributed by atoms with Gasteiger partial charge in [0, 0.05) is 12.1 Å². The molecule has 0 spiro atoms. The molecule has 34 heavy (non-hydrogen) atoms. The lowest BCUT2D eigenvalue weighted by Gasteiger charge is -2.21. The van der Waals surface area contributed by atoms with E-state index in [4.69, 9.17) is 20.8 Å². The molecule has 9 heteroatoms. The zero-order valence-electron chi connectivity index (χ0n) is 19.1. The van der Waals surface area contributed by atoms with Crippen LogP contribution in [0.4, 0.5) is 5.69 Å². The van der Waals surface area contributed by atoms with E-state index in [9.17, 15) is 9.59 Å². The number of benzene rings is 1. The van der Waals surface area contributed by atoms with Gasteiger partial charge in [-0.2, -0.15) is 0 Å². The van der Waals surface area contributed by atoms with Crippen LogP contribution in [0, 0.1) is 0 Å².